The second-order valence-corrected chi connectivity index (χ2v) is 8.73. The van der Waals surface area contributed by atoms with E-state index >= 15 is 0 Å². The zero-order valence-corrected chi connectivity index (χ0v) is 19.9. The number of anilines is 2. The fourth-order valence-electron chi connectivity index (χ4n) is 4.66. The molecule has 4 aromatic rings. The summed E-state index contributed by atoms with van der Waals surface area (Å²) in [7, 11) is 0. The zero-order chi connectivity index (χ0) is 26.2. The van der Waals surface area contributed by atoms with Crippen LogP contribution in [-0.2, 0) is 4.79 Å². The average Bonchev–Trinajstić information content (AvgIpc) is 3.65. The van der Waals surface area contributed by atoms with E-state index in [1.54, 1.807) is 12.4 Å². The Morgan fingerprint density at radius 2 is 1.84 bits per heavy atom. The number of Topliss-reactive ketones (excluding diaryl/α,β-unsaturated/α-hetero) is 1. The van der Waals surface area contributed by atoms with Gasteiger partial charge in [-0.25, -0.2) is 14.4 Å². The summed E-state index contributed by atoms with van der Waals surface area (Å²) in [5.74, 6) is -2.11. The first-order chi connectivity index (χ1) is 18.5. The number of aromatic nitrogens is 4. The Labute approximate surface area is 215 Å². The lowest BCUT2D eigenvalue weighted by Gasteiger charge is -2.36. The van der Waals surface area contributed by atoms with Crippen LogP contribution < -0.4 is 20.9 Å². The molecule has 0 unspecified atom stereocenters. The molecule has 1 saturated heterocycles. The highest BCUT2D eigenvalue weighted by Crippen LogP contribution is 2.32. The number of carbonyl (C=O) groups excluding carboxylic acids is 2. The third kappa shape index (κ3) is 4.04. The molecule has 0 atom stereocenters. The van der Waals surface area contributed by atoms with Gasteiger partial charge in [-0.2, -0.15) is 0 Å². The molecular formula is C25H22FN9O3. The van der Waals surface area contributed by atoms with E-state index in [0.29, 0.717) is 30.3 Å². The average molecular weight is 516 g/mol. The molecule has 0 radical (unpaired) electrons. The number of H-pyrrole nitrogens is 1. The SMILES string of the molecule is O=C(C(=O)N1CCN(c2cc(O)nnc2-c2ccccc2)CC1)c1c[nH]c2c(N3C=CNN3)ncc(F)c12. The molecule has 13 heteroatoms. The van der Waals surface area contributed by atoms with Crippen LogP contribution in [0.1, 0.15) is 10.4 Å². The number of halogens is 1. The minimum atomic E-state index is -0.808. The molecule has 0 spiro atoms. The number of pyridine rings is 1. The van der Waals surface area contributed by atoms with Gasteiger partial charge in [0.15, 0.2) is 11.6 Å². The highest BCUT2D eigenvalue weighted by atomic mass is 19.1. The number of hydrogen-bond donors (Lipinski definition) is 4. The molecule has 1 aromatic carbocycles. The molecule has 192 valence electrons. The molecule has 0 aliphatic carbocycles. The lowest BCUT2D eigenvalue weighted by molar-refractivity contribution is -0.126. The molecule has 1 amide bonds. The van der Waals surface area contributed by atoms with Crippen molar-refractivity contribution in [2.75, 3.05) is 36.1 Å². The summed E-state index contributed by atoms with van der Waals surface area (Å²) in [6.07, 6.45) is 5.62. The number of nitrogens with one attached hydrogen (secondary N) is 3. The summed E-state index contributed by atoms with van der Waals surface area (Å²) >= 11 is 0. The number of benzene rings is 1. The molecule has 12 nitrogen and oxygen atoms in total. The standard InChI is InChI=1S/C25H22FN9O3/c26-17-14-28-24(35-7-6-29-32-35)22-20(17)16(13-27-22)23(37)25(38)34-10-8-33(9-11-34)18-12-19(36)30-31-21(18)15-4-2-1-3-5-15/h1-7,12-14,27,29,32H,8-11H2,(H,30,36). The van der Waals surface area contributed by atoms with E-state index in [9.17, 15) is 19.1 Å². The molecule has 2 aliphatic heterocycles. The van der Waals surface area contributed by atoms with E-state index in [0.717, 1.165) is 11.8 Å². The molecular weight excluding hydrogens is 493 g/mol. The monoisotopic (exact) mass is 515 g/mol. The number of aromatic amines is 1. The number of carbonyl (C=O) groups is 2. The van der Waals surface area contributed by atoms with Gasteiger partial charge in [0.25, 0.3) is 11.7 Å². The first kappa shape index (κ1) is 23.4. The largest absolute Gasteiger partial charge is 0.492 e. The minimum Gasteiger partial charge on any atom is -0.492 e. The van der Waals surface area contributed by atoms with Crippen molar-refractivity contribution in [3.05, 3.63) is 72.6 Å². The normalized spacial score (nSPS) is 15.2. The number of amides is 1. The molecule has 0 saturated carbocycles. The first-order valence-corrected chi connectivity index (χ1v) is 11.8. The van der Waals surface area contributed by atoms with Crippen molar-refractivity contribution in [1.29, 1.82) is 0 Å². The van der Waals surface area contributed by atoms with Crippen molar-refractivity contribution in [2.45, 2.75) is 0 Å². The van der Waals surface area contributed by atoms with E-state index in [-0.39, 0.29) is 35.4 Å². The van der Waals surface area contributed by atoms with Gasteiger partial charge >= 0.3 is 0 Å². The molecule has 2 aliphatic rings. The van der Waals surface area contributed by atoms with Crippen LogP contribution in [0.3, 0.4) is 0 Å². The van der Waals surface area contributed by atoms with Crippen LogP contribution in [0.2, 0.25) is 0 Å². The van der Waals surface area contributed by atoms with Crippen molar-refractivity contribution in [1.82, 2.24) is 36.0 Å². The number of rotatable bonds is 5. The number of hydrogen-bond acceptors (Lipinski definition) is 10. The van der Waals surface area contributed by atoms with Crippen LogP contribution in [0.15, 0.2) is 61.2 Å². The highest BCUT2D eigenvalue weighted by molar-refractivity contribution is 6.45. The number of ketones is 1. The number of aromatic hydroxyl groups is 1. The van der Waals surface area contributed by atoms with E-state index in [2.05, 4.69) is 31.1 Å². The van der Waals surface area contributed by atoms with Crippen LogP contribution in [0.5, 0.6) is 5.88 Å². The Hall–Kier alpha value is -5.04. The van der Waals surface area contributed by atoms with Gasteiger partial charge in [-0.3, -0.25) is 9.59 Å². The van der Waals surface area contributed by atoms with E-state index in [1.807, 2.05) is 35.2 Å². The number of piperazine rings is 1. The Morgan fingerprint density at radius 1 is 1.05 bits per heavy atom. The second kappa shape index (κ2) is 9.44. The fraction of sp³-hybridized carbons (Fsp3) is 0.160. The van der Waals surface area contributed by atoms with Gasteiger partial charge in [0, 0.05) is 56.4 Å². The predicted octanol–water partition coefficient (Wildman–Crippen LogP) is 1.70. The van der Waals surface area contributed by atoms with E-state index in [1.165, 1.54) is 22.2 Å². The topological polar surface area (TPSA) is 143 Å². The van der Waals surface area contributed by atoms with Gasteiger partial charge in [-0.1, -0.05) is 30.3 Å². The molecule has 6 rings (SSSR count). The summed E-state index contributed by atoms with van der Waals surface area (Å²) < 4.78 is 14.8. The van der Waals surface area contributed by atoms with Crippen molar-refractivity contribution < 1.29 is 19.1 Å². The fourth-order valence-corrected chi connectivity index (χ4v) is 4.66. The third-order valence-electron chi connectivity index (χ3n) is 6.52. The summed E-state index contributed by atoms with van der Waals surface area (Å²) in [5.41, 5.74) is 7.93. The van der Waals surface area contributed by atoms with Gasteiger partial charge in [0.1, 0.15) is 5.69 Å². The Morgan fingerprint density at radius 3 is 2.58 bits per heavy atom. The van der Waals surface area contributed by atoms with Crippen molar-refractivity contribution >= 4 is 34.1 Å². The van der Waals surface area contributed by atoms with E-state index in [4.69, 9.17) is 0 Å². The van der Waals surface area contributed by atoms with Gasteiger partial charge in [0.2, 0.25) is 5.88 Å². The summed E-state index contributed by atoms with van der Waals surface area (Å²) in [5, 5.41) is 19.4. The van der Waals surface area contributed by atoms with Crippen LogP contribution in [-0.4, -0.2) is 68.0 Å². The van der Waals surface area contributed by atoms with Crippen molar-refractivity contribution in [3.8, 4) is 17.1 Å². The smallest absolute Gasteiger partial charge is 0.295 e. The van der Waals surface area contributed by atoms with Crippen molar-refractivity contribution in [2.24, 2.45) is 0 Å². The van der Waals surface area contributed by atoms with Crippen LogP contribution in [0.25, 0.3) is 22.2 Å². The maximum Gasteiger partial charge on any atom is 0.295 e. The Kier molecular flexibility index (Phi) is 5.81. The second-order valence-electron chi connectivity index (χ2n) is 8.73. The van der Waals surface area contributed by atoms with Gasteiger partial charge in [-0.15, -0.1) is 15.7 Å². The molecule has 0 bridgehead atoms. The molecule has 3 aromatic heterocycles. The van der Waals surface area contributed by atoms with Gasteiger partial charge in [0.05, 0.1) is 28.4 Å². The molecule has 1 fully saturated rings. The Balaban J connectivity index is 1.21. The van der Waals surface area contributed by atoms with Crippen LogP contribution >= 0.6 is 0 Å². The number of nitrogens with zero attached hydrogens (tertiary/aromatic N) is 6. The van der Waals surface area contributed by atoms with E-state index < -0.39 is 17.5 Å². The van der Waals surface area contributed by atoms with Crippen molar-refractivity contribution in [3.63, 3.8) is 0 Å². The quantitative estimate of drug-likeness (QED) is 0.229. The predicted molar refractivity (Wildman–Crippen MR) is 136 cm³/mol. The number of fused-ring (bicyclic) bond motifs is 1. The summed E-state index contributed by atoms with van der Waals surface area (Å²) in [6, 6.07) is 11.0. The first-order valence-electron chi connectivity index (χ1n) is 11.8. The minimum absolute atomic E-state index is 0.0000703. The molecule has 38 heavy (non-hydrogen) atoms. The summed E-state index contributed by atoms with van der Waals surface area (Å²) in [6.45, 7) is 1.32. The molecule has 5 heterocycles. The lowest BCUT2D eigenvalue weighted by Crippen LogP contribution is -2.50. The van der Waals surface area contributed by atoms with Gasteiger partial charge in [-0.05, 0) is 0 Å². The van der Waals surface area contributed by atoms with Crippen LogP contribution in [0.4, 0.5) is 15.9 Å². The maximum absolute atomic E-state index is 14.8. The Bertz CT molecular complexity index is 1570. The highest BCUT2D eigenvalue weighted by Gasteiger charge is 2.31. The lowest BCUT2D eigenvalue weighted by atomic mass is 10.1. The zero-order valence-electron chi connectivity index (χ0n) is 19.9. The number of hydrazine groups is 2. The van der Waals surface area contributed by atoms with Crippen LogP contribution in [0, 0.1) is 5.82 Å². The third-order valence-corrected chi connectivity index (χ3v) is 6.52. The van der Waals surface area contributed by atoms with Gasteiger partial charge < -0.3 is 25.3 Å². The maximum atomic E-state index is 14.8. The molecule has 4 N–H and O–H groups in total. The summed E-state index contributed by atoms with van der Waals surface area (Å²) in [4.78, 5) is 36.8.